The van der Waals surface area contributed by atoms with Crippen molar-refractivity contribution in [2.24, 2.45) is 10.7 Å². The van der Waals surface area contributed by atoms with Gasteiger partial charge < -0.3 is 11.1 Å². The molecule has 96 valence electrons. The van der Waals surface area contributed by atoms with E-state index < -0.39 is 0 Å². The van der Waals surface area contributed by atoms with Gasteiger partial charge in [0.15, 0.2) is 5.96 Å². The van der Waals surface area contributed by atoms with Crippen LogP contribution < -0.4 is 11.1 Å². The Labute approximate surface area is 108 Å². The van der Waals surface area contributed by atoms with Gasteiger partial charge in [-0.15, -0.1) is 0 Å². The smallest absolute Gasteiger partial charge is 0.189 e. The summed E-state index contributed by atoms with van der Waals surface area (Å²) >= 11 is 0. The van der Waals surface area contributed by atoms with Crippen LogP contribution in [0.4, 0.5) is 0 Å². The van der Waals surface area contributed by atoms with E-state index in [9.17, 15) is 0 Å². The van der Waals surface area contributed by atoms with Crippen LogP contribution in [0.1, 0.15) is 18.4 Å². The first-order valence-corrected chi connectivity index (χ1v) is 6.60. The number of likely N-dealkylation sites (tertiary alicyclic amines) is 1. The highest BCUT2D eigenvalue weighted by Crippen LogP contribution is 2.25. The zero-order chi connectivity index (χ0) is 12.4. The fraction of sp³-hybridized carbons (Fsp3) is 0.500. The third-order valence-electron chi connectivity index (χ3n) is 3.85. The van der Waals surface area contributed by atoms with Crippen molar-refractivity contribution >= 4 is 5.96 Å². The van der Waals surface area contributed by atoms with Crippen molar-refractivity contribution in [3.05, 3.63) is 35.9 Å². The first kappa shape index (κ1) is 11.5. The van der Waals surface area contributed by atoms with E-state index in [2.05, 4.69) is 45.5 Å². The van der Waals surface area contributed by atoms with Gasteiger partial charge >= 0.3 is 0 Å². The minimum Gasteiger partial charge on any atom is -0.370 e. The van der Waals surface area contributed by atoms with Gasteiger partial charge in [-0.1, -0.05) is 30.3 Å². The Morgan fingerprint density at radius 3 is 2.89 bits per heavy atom. The highest BCUT2D eigenvalue weighted by atomic mass is 15.3. The largest absolute Gasteiger partial charge is 0.370 e. The number of nitrogens with two attached hydrogens (primary N) is 1. The third kappa shape index (κ3) is 2.34. The highest BCUT2D eigenvalue weighted by molar-refractivity contribution is 5.80. The van der Waals surface area contributed by atoms with Gasteiger partial charge in [-0.3, -0.25) is 9.89 Å². The molecular formula is C14H20N4. The molecule has 0 aromatic heterocycles. The van der Waals surface area contributed by atoms with Crippen LogP contribution in [0.15, 0.2) is 35.3 Å². The molecule has 4 nitrogen and oxygen atoms in total. The van der Waals surface area contributed by atoms with Crippen LogP contribution in [0.25, 0.3) is 0 Å². The summed E-state index contributed by atoms with van der Waals surface area (Å²) in [4.78, 5) is 6.81. The first-order chi connectivity index (χ1) is 8.76. The molecule has 4 heteroatoms. The Bertz CT molecular complexity index is 442. The van der Waals surface area contributed by atoms with Gasteiger partial charge in [-0.2, -0.15) is 0 Å². The molecule has 1 aromatic rings. The monoisotopic (exact) mass is 244 g/mol. The van der Waals surface area contributed by atoms with Crippen molar-refractivity contribution in [2.75, 3.05) is 19.6 Å². The van der Waals surface area contributed by atoms with Gasteiger partial charge in [0.2, 0.25) is 0 Å². The van der Waals surface area contributed by atoms with Crippen molar-refractivity contribution < 1.29 is 0 Å². The molecule has 1 saturated heterocycles. The summed E-state index contributed by atoms with van der Waals surface area (Å²) in [5.41, 5.74) is 7.23. The molecule has 0 radical (unpaired) electrons. The lowest BCUT2D eigenvalue weighted by atomic mass is 9.89. The average Bonchev–Trinajstić information content (AvgIpc) is 2.72. The molecule has 18 heavy (non-hydrogen) atoms. The fourth-order valence-electron chi connectivity index (χ4n) is 3.02. The van der Waals surface area contributed by atoms with E-state index >= 15 is 0 Å². The Morgan fingerprint density at radius 1 is 1.33 bits per heavy atom. The second-order valence-electron chi connectivity index (χ2n) is 5.41. The molecule has 1 atom stereocenters. The maximum atomic E-state index is 5.76. The van der Waals surface area contributed by atoms with Crippen LogP contribution >= 0.6 is 0 Å². The maximum absolute atomic E-state index is 5.76. The second kappa shape index (κ2) is 4.61. The summed E-state index contributed by atoms with van der Waals surface area (Å²) in [5, 5.41) is 3.37. The Kier molecular flexibility index (Phi) is 2.96. The third-order valence-corrected chi connectivity index (χ3v) is 3.85. The lowest BCUT2D eigenvalue weighted by molar-refractivity contribution is 0.140. The number of piperidine rings is 1. The number of aliphatic imine (C=N–C) groups is 1. The van der Waals surface area contributed by atoms with Crippen molar-refractivity contribution in [3.8, 4) is 0 Å². The second-order valence-corrected chi connectivity index (χ2v) is 5.41. The Balaban J connectivity index is 1.65. The summed E-state index contributed by atoms with van der Waals surface area (Å²) in [5.74, 6) is 0.608. The maximum Gasteiger partial charge on any atom is 0.189 e. The summed E-state index contributed by atoms with van der Waals surface area (Å²) < 4.78 is 0. The zero-order valence-corrected chi connectivity index (χ0v) is 10.6. The molecule has 3 N–H and O–H groups in total. The topological polar surface area (TPSA) is 53.6 Å². The van der Waals surface area contributed by atoms with Gasteiger partial charge in [0.05, 0.1) is 12.1 Å². The standard InChI is InChI=1S/C14H20N4/c15-13-16-10-14(17-13)7-4-8-18(11-14)9-12-5-2-1-3-6-12/h1-3,5-6H,4,7-11H2,(H3,15,16,17). The van der Waals surface area contributed by atoms with Crippen LogP contribution in [-0.2, 0) is 6.54 Å². The van der Waals surface area contributed by atoms with Gasteiger partial charge in [0.25, 0.3) is 0 Å². The highest BCUT2D eigenvalue weighted by Gasteiger charge is 2.38. The molecule has 0 bridgehead atoms. The van der Waals surface area contributed by atoms with Crippen LogP contribution in [0, 0.1) is 0 Å². The Hall–Kier alpha value is -1.55. The molecule has 1 aromatic carbocycles. The molecule has 1 spiro atoms. The summed E-state index contributed by atoms with van der Waals surface area (Å²) in [7, 11) is 0. The van der Waals surface area contributed by atoms with Crippen LogP contribution in [-0.4, -0.2) is 36.0 Å². The van der Waals surface area contributed by atoms with E-state index in [0.29, 0.717) is 5.96 Å². The van der Waals surface area contributed by atoms with Gasteiger partial charge in [-0.05, 0) is 24.9 Å². The molecule has 0 amide bonds. The molecular weight excluding hydrogens is 224 g/mol. The number of benzene rings is 1. The quantitative estimate of drug-likeness (QED) is 0.814. The number of nitrogens with one attached hydrogen (secondary N) is 1. The SMILES string of the molecule is NC1=NCC2(CCCN(Cc3ccccc3)C2)N1. The van der Waals surface area contributed by atoms with Crippen molar-refractivity contribution in [3.63, 3.8) is 0 Å². The normalized spacial score (nSPS) is 28.1. The predicted octanol–water partition coefficient (Wildman–Crippen LogP) is 0.939. The zero-order valence-electron chi connectivity index (χ0n) is 10.6. The molecule has 3 rings (SSSR count). The van der Waals surface area contributed by atoms with Gasteiger partial charge in [0.1, 0.15) is 0 Å². The minimum atomic E-state index is 0.0944. The number of rotatable bonds is 2. The van der Waals surface area contributed by atoms with E-state index in [0.717, 1.165) is 26.2 Å². The number of hydrogen-bond acceptors (Lipinski definition) is 4. The summed E-state index contributed by atoms with van der Waals surface area (Å²) in [6, 6.07) is 10.6. The van der Waals surface area contributed by atoms with E-state index in [1.54, 1.807) is 0 Å². The molecule has 1 fully saturated rings. The van der Waals surface area contributed by atoms with Crippen molar-refractivity contribution in [1.29, 1.82) is 0 Å². The fourth-order valence-corrected chi connectivity index (χ4v) is 3.02. The molecule has 2 aliphatic heterocycles. The molecule has 0 saturated carbocycles. The van der Waals surface area contributed by atoms with Crippen LogP contribution in [0.3, 0.4) is 0 Å². The number of nitrogens with zero attached hydrogens (tertiary/aromatic N) is 2. The minimum absolute atomic E-state index is 0.0944. The first-order valence-electron chi connectivity index (χ1n) is 6.60. The van der Waals surface area contributed by atoms with E-state index in [4.69, 9.17) is 5.73 Å². The lowest BCUT2D eigenvalue weighted by Crippen LogP contribution is -2.58. The van der Waals surface area contributed by atoms with Crippen molar-refractivity contribution in [1.82, 2.24) is 10.2 Å². The lowest BCUT2D eigenvalue weighted by Gasteiger charge is -2.40. The molecule has 2 heterocycles. The summed E-state index contributed by atoms with van der Waals surface area (Å²) in [6.45, 7) is 4.04. The average molecular weight is 244 g/mol. The van der Waals surface area contributed by atoms with Crippen LogP contribution in [0.5, 0.6) is 0 Å². The van der Waals surface area contributed by atoms with E-state index in [1.165, 1.54) is 18.4 Å². The molecule has 0 aliphatic carbocycles. The molecule has 1 unspecified atom stereocenters. The number of guanidine groups is 1. The predicted molar refractivity (Wildman–Crippen MR) is 73.3 cm³/mol. The van der Waals surface area contributed by atoms with E-state index in [1.807, 2.05) is 0 Å². The van der Waals surface area contributed by atoms with Crippen LogP contribution in [0.2, 0.25) is 0 Å². The Morgan fingerprint density at radius 2 is 2.17 bits per heavy atom. The molecule has 2 aliphatic rings. The van der Waals surface area contributed by atoms with E-state index in [-0.39, 0.29) is 5.54 Å². The van der Waals surface area contributed by atoms with Gasteiger partial charge in [0, 0.05) is 13.1 Å². The number of hydrogen-bond donors (Lipinski definition) is 2. The van der Waals surface area contributed by atoms with Gasteiger partial charge in [-0.25, -0.2) is 0 Å². The van der Waals surface area contributed by atoms with Crippen molar-refractivity contribution in [2.45, 2.75) is 24.9 Å². The summed E-state index contributed by atoms with van der Waals surface area (Å²) in [6.07, 6.45) is 2.38.